The van der Waals surface area contributed by atoms with E-state index in [1.54, 1.807) is 11.7 Å². The number of hydrogen-bond acceptors (Lipinski definition) is 4. The van der Waals surface area contributed by atoms with Crippen molar-refractivity contribution in [1.82, 2.24) is 14.9 Å². The third-order valence-electron chi connectivity index (χ3n) is 4.22. The fourth-order valence-electron chi connectivity index (χ4n) is 2.90. The molecule has 3 rings (SSSR count). The van der Waals surface area contributed by atoms with E-state index in [1.165, 1.54) is 0 Å². The zero-order valence-electron chi connectivity index (χ0n) is 14.6. The molecule has 5 heteroatoms. The van der Waals surface area contributed by atoms with Gasteiger partial charge in [0.15, 0.2) is 0 Å². The molecule has 0 radical (unpaired) electrons. The van der Waals surface area contributed by atoms with Gasteiger partial charge in [0, 0.05) is 13.7 Å². The molecule has 0 aliphatic carbocycles. The van der Waals surface area contributed by atoms with Crippen molar-refractivity contribution in [2.24, 2.45) is 0 Å². The molecule has 1 aromatic heterocycles. The van der Waals surface area contributed by atoms with Crippen molar-refractivity contribution in [1.29, 1.82) is 0 Å². The molecule has 130 valence electrons. The monoisotopic (exact) mass is 337 g/mol. The lowest BCUT2D eigenvalue weighted by atomic mass is 10.2. The van der Waals surface area contributed by atoms with E-state index in [9.17, 15) is 4.79 Å². The normalized spacial score (nSPS) is 12.4. The van der Waals surface area contributed by atoms with Gasteiger partial charge in [-0.1, -0.05) is 42.5 Å². The summed E-state index contributed by atoms with van der Waals surface area (Å²) in [5.74, 6) is 0.739. The number of para-hydroxylation sites is 1. The molecule has 0 amide bonds. The van der Waals surface area contributed by atoms with Crippen molar-refractivity contribution in [2.45, 2.75) is 19.5 Å². The van der Waals surface area contributed by atoms with Crippen molar-refractivity contribution in [3.63, 3.8) is 0 Å². The van der Waals surface area contributed by atoms with Gasteiger partial charge in [-0.2, -0.15) is 0 Å². The van der Waals surface area contributed by atoms with E-state index in [4.69, 9.17) is 9.72 Å². The van der Waals surface area contributed by atoms with E-state index in [-0.39, 0.29) is 11.6 Å². The predicted octanol–water partition coefficient (Wildman–Crippen LogP) is 2.74. The first-order valence-electron chi connectivity index (χ1n) is 8.46. The van der Waals surface area contributed by atoms with Crippen molar-refractivity contribution >= 4 is 10.9 Å². The molecule has 2 aromatic carbocycles. The van der Waals surface area contributed by atoms with Crippen LogP contribution in [-0.2, 0) is 11.3 Å². The molecule has 1 heterocycles. The zero-order chi connectivity index (χ0) is 17.6. The second kappa shape index (κ2) is 8.05. The number of nitrogens with one attached hydrogen (secondary N) is 1. The number of benzene rings is 2. The number of fused-ring (bicyclic) bond motifs is 1. The number of rotatable bonds is 7. The average molecular weight is 337 g/mol. The number of nitrogens with zero attached hydrogens (tertiary/aromatic N) is 2. The third-order valence-corrected chi connectivity index (χ3v) is 4.22. The maximum atomic E-state index is 13.1. The molecule has 0 aliphatic rings. The minimum Gasteiger partial charge on any atom is -0.383 e. The Morgan fingerprint density at radius 2 is 1.84 bits per heavy atom. The first-order valence-corrected chi connectivity index (χ1v) is 8.46. The molecule has 1 atom stereocenters. The molecule has 25 heavy (non-hydrogen) atoms. The minimum absolute atomic E-state index is 0.00940. The summed E-state index contributed by atoms with van der Waals surface area (Å²) in [6, 6.07) is 17.4. The van der Waals surface area contributed by atoms with Gasteiger partial charge in [0.05, 0.1) is 30.1 Å². The van der Waals surface area contributed by atoms with Crippen LogP contribution in [-0.4, -0.2) is 29.8 Å². The van der Waals surface area contributed by atoms with E-state index in [0.717, 1.165) is 16.9 Å². The fourth-order valence-corrected chi connectivity index (χ4v) is 2.90. The molecule has 3 aromatic rings. The predicted molar refractivity (Wildman–Crippen MR) is 99.8 cm³/mol. The molecule has 0 saturated heterocycles. The summed E-state index contributed by atoms with van der Waals surface area (Å²) in [6.07, 6.45) is 0. The lowest BCUT2D eigenvalue weighted by molar-refractivity contribution is 0.196. The Bertz CT molecular complexity index is 890. The molecule has 5 nitrogen and oxygen atoms in total. The lowest BCUT2D eigenvalue weighted by Gasteiger charge is -2.19. The molecule has 0 spiro atoms. The Morgan fingerprint density at radius 1 is 1.12 bits per heavy atom. The SMILES string of the molecule is COCCNC(C)c1nc2ccccc2c(=O)n1Cc1ccccc1. The second-order valence-electron chi connectivity index (χ2n) is 6.03. The Balaban J connectivity index is 2.05. The molecular formula is C20H23N3O2. The highest BCUT2D eigenvalue weighted by molar-refractivity contribution is 5.77. The van der Waals surface area contributed by atoms with E-state index in [2.05, 4.69) is 5.32 Å². The van der Waals surface area contributed by atoms with Crippen molar-refractivity contribution in [2.75, 3.05) is 20.3 Å². The van der Waals surface area contributed by atoms with Crippen LogP contribution < -0.4 is 10.9 Å². The second-order valence-corrected chi connectivity index (χ2v) is 6.03. The average Bonchev–Trinajstić information content (AvgIpc) is 2.65. The summed E-state index contributed by atoms with van der Waals surface area (Å²) < 4.78 is 6.86. The first-order chi connectivity index (χ1) is 12.2. The molecule has 1 N–H and O–H groups in total. The molecule has 0 fully saturated rings. The quantitative estimate of drug-likeness (QED) is 0.674. The zero-order valence-corrected chi connectivity index (χ0v) is 14.6. The molecule has 1 unspecified atom stereocenters. The standard InChI is InChI=1S/C20H23N3O2/c1-15(21-12-13-25-2)19-22-18-11-7-6-10-17(18)20(24)23(19)14-16-8-4-3-5-9-16/h3-11,15,21H,12-14H2,1-2H3. The Labute approximate surface area is 147 Å². The Kier molecular flexibility index (Phi) is 5.58. The molecule has 0 bridgehead atoms. The molecular weight excluding hydrogens is 314 g/mol. The van der Waals surface area contributed by atoms with Crippen LogP contribution in [0.5, 0.6) is 0 Å². The van der Waals surface area contributed by atoms with Crippen LogP contribution >= 0.6 is 0 Å². The Morgan fingerprint density at radius 3 is 2.60 bits per heavy atom. The van der Waals surface area contributed by atoms with Crippen LogP contribution in [0.15, 0.2) is 59.4 Å². The van der Waals surface area contributed by atoms with Gasteiger partial charge in [-0.15, -0.1) is 0 Å². The van der Waals surface area contributed by atoms with E-state index < -0.39 is 0 Å². The minimum atomic E-state index is -0.0591. The van der Waals surface area contributed by atoms with E-state index in [1.807, 2.05) is 61.5 Å². The van der Waals surface area contributed by atoms with Gasteiger partial charge in [0.2, 0.25) is 0 Å². The van der Waals surface area contributed by atoms with Crippen molar-refractivity contribution in [3.05, 3.63) is 76.3 Å². The van der Waals surface area contributed by atoms with Crippen LogP contribution in [0.3, 0.4) is 0 Å². The van der Waals surface area contributed by atoms with Crippen molar-refractivity contribution in [3.8, 4) is 0 Å². The Hall–Kier alpha value is -2.50. The number of hydrogen-bond donors (Lipinski definition) is 1. The van der Waals surface area contributed by atoms with Gasteiger partial charge in [-0.25, -0.2) is 4.98 Å². The van der Waals surface area contributed by atoms with Crippen LogP contribution in [0.4, 0.5) is 0 Å². The van der Waals surface area contributed by atoms with Crippen molar-refractivity contribution < 1.29 is 4.74 Å². The van der Waals surface area contributed by atoms with E-state index >= 15 is 0 Å². The summed E-state index contributed by atoms with van der Waals surface area (Å²) in [6.45, 7) is 3.84. The van der Waals surface area contributed by atoms with Gasteiger partial charge in [-0.3, -0.25) is 9.36 Å². The molecule has 0 saturated carbocycles. The fraction of sp³-hybridized carbons (Fsp3) is 0.300. The smallest absolute Gasteiger partial charge is 0.261 e. The van der Waals surface area contributed by atoms with Gasteiger partial charge in [-0.05, 0) is 24.6 Å². The number of aromatic nitrogens is 2. The largest absolute Gasteiger partial charge is 0.383 e. The van der Waals surface area contributed by atoms with E-state index in [0.29, 0.717) is 25.1 Å². The maximum Gasteiger partial charge on any atom is 0.261 e. The highest BCUT2D eigenvalue weighted by Gasteiger charge is 2.16. The maximum absolute atomic E-state index is 13.1. The highest BCUT2D eigenvalue weighted by Crippen LogP contribution is 2.15. The number of methoxy groups -OCH3 is 1. The van der Waals surface area contributed by atoms with Crippen LogP contribution in [0.25, 0.3) is 10.9 Å². The van der Waals surface area contributed by atoms with Gasteiger partial charge in [0.25, 0.3) is 5.56 Å². The van der Waals surface area contributed by atoms with Gasteiger partial charge < -0.3 is 10.1 Å². The summed E-state index contributed by atoms with van der Waals surface area (Å²) in [7, 11) is 1.67. The van der Waals surface area contributed by atoms with Gasteiger partial charge >= 0.3 is 0 Å². The third kappa shape index (κ3) is 3.95. The summed E-state index contributed by atoms with van der Waals surface area (Å²) >= 11 is 0. The highest BCUT2D eigenvalue weighted by atomic mass is 16.5. The lowest BCUT2D eigenvalue weighted by Crippen LogP contribution is -2.32. The van der Waals surface area contributed by atoms with Crippen LogP contribution in [0.1, 0.15) is 24.4 Å². The first kappa shape index (κ1) is 17.3. The van der Waals surface area contributed by atoms with Crippen LogP contribution in [0, 0.1) is 0 Å². The summed E-state index contributed by atoms with van der Waals surface area (Å²) in [4.78, 5) is 17.8. The summed E-state index contributed by atoms with van der Waals surface area (Å²) in [5, 5.41) is 4.02. The van der Waals surface area contributed by atoms with Gasteiger partial charge in [0.1, 0.15) is 5.82 Å². The topological polar surface area (TPSA) is 56.1 Å². The molecule has 0 aliphatic heterocycles. The number of ether oxygens (including phenoxy) is 1. The summed E-state index contributed by atoms with van der Waals surface area (Å²) in [5.41, 5.74) is 1.80. The van der Waals surface area contributed by atoms with Crippen LogP contribution in [0.2, 0.25) is 0 Å².